The van der Waals surface area contributed by atoms with Gasteiger partial charge in [0.1, 0.15) is 47.2 Å². The number of nitrogens with one attached hydrogen (secondary N) is 1. The minimum absolute atomic E-state index is 0.175. The molecule has 3 aromatic carbocycles. The summed E-state index contributed by atoms with van der Waals surface area (Å²) in [6.07, 6.45) is 0. The number of ether oxygens (including phenoxy) is 2. The van der Waals surface area contributed by atoms with E-state index >= 15 is 0 Å². The van der Waals surface area contributed by atoms with Gasteiger partial charge in [0.2, 0.25) is 0 Å². The molecule has 2 fully saturated rings. The van der Waals surface area contributed by atoms with Crippen LogP contribution in [0.5, 0.6) is 11.5 Å². The van der Waals surface area contributed by atoms with E-state index in [0.29, 0.717) is 11.5 Å². The highest BCUT2D eigenvalue weighted by molar-refractivity contribution is 8.01. The molecule has 3 atom stereocenters. The van der Waals surface area contributed by atoms with Gasteiger partial charge in [-0.3, -0.25) is 9.59 Å². The molecular formula is C30H30N2O6S. The molecule has 2 heterocycles. The number of carbonyl (C=O) groups is 3. The van der Waals surface area contributed by atoms with Crippen LogP contribution in [0.4, 0.5) is 0 Å². The molecule has 9 heteroatoms. The van der Waals surface area contributed by atoms with Crippen LogP contribution < -0.4 is 14.8 Å². The Labute approximate surface area is 231 Å². The highest BCUT2D eigenvalue weighted by atomic mass is 32.2. The molecule has 2 saturated heterocycles. The molecule has 2 amide bonds. The zero-order chi connectivity index (χ0) is 27.8. The van der Waals surface area contributed by atoms with E-state index < -0.39 is 39.5 Å². The summed E-state index contributed by atoms with van der Waals surface area (Å²) in [6, 6.07) is 23.3. The van der Waals surface area contributed by atoms with Gasteiger partial charge in [-0.1, -0.05) is 66.7 Å². The third-order valence-electron chi connectivity index (χ3n) is 7.07. The molecule has 3 aromatic rings. The topological polar surface area (TPSA) is 105 Å². The first kappa shape index (κ1) is 26.6. The van der Waals surface area contributed by atoms with Crippen LogP contribution in [0.3, 0.4) is 0 Å². The normalized spacial score (nSPS) is 22.9. The van der Waals surface area contributed by atoms with Crippen molar-refractivity contribution in [3.63, 3.8) is 0 Å². The molecule has 202 valence electrons. The molecule has 8 nitrogen and oxygen atoms in total. The predicted molar refractivity (Wildman–Crippen MR) is 148 cm³/mol. The van der Waals surface area contributed by atoms with Crippen molar-refractivity contribution in [2.45, 2.75) is 55.7 Å². The van der Waals surface area contributed by atoms with Crippen LogP contribution in [-0.4, -0.2) is 49.5 Å². The number of hydrogen-bond donors (Lipinski definition) is 2. The zero-order valence-electron chi connectivity index (χ0n) is 21.9. The number of hydrogen-bond acceptors (Lipinski definition) is 6. The van der Waals surface area contributed by atoms with Gasteiger partial charge in [-0.05, 0) is 44.0 Å². The third-order valence-corrected chi connectivity index (χ3v) is 8.83. The zero-order valence-corrected chi connectivity index (χ0v) is 22.7. The van der Waals surface area contributed by atoms with Crippen LogP contribution in [0.15, 0.2) is 78.9 Å². The average Bonchev–Trinajstić information content (AvgIpc) is 3.21. The summed E-state index contributed by atoms with van der Waals surface area (Å²) in [5, 5.41) is 12.2. The van der Waals surface area contributed by atoms with Gasteiger partial charge >= 0.3 is 5.97 Å². The number of carboxylic acid groups (broad SMARTS) is 1. The van der Waals surface area contributed by atoms with Crippen molar-refractivity contribution >= 4 is 29.5 Å². The molecule has 0 bridgehead atoms. The number of aliphatic carboxylic acids is 1. The van der Waals surface area contributed by atoms with Crippen molar-refractivity contribution in [2.75, 3.05) is 0 Å². The Morgan fingerprint density at radius 1 is 0.872 bits per heavy atom. The largest absolute Gasteiger partial charge is 0.488 e. The molecule has 2 N–H and O–H groups in total. The summed E-state index contributed by atoms with van der Waals surface area (Å²) in [6.45, 7) is 5.71. The minimum Gasteiger partial charge on any atom is -0.488 e. The van der Waals surface area contributed by atoms with Crippen molar-refractivity contribution in [1.29, 1.82) is 0 Å². The summed E-state index contributed by atoms with van der Waals surface area (Å²) in [7, 11) is 0. The molecule has 0 aromatic heterocycles. The molecule has 2 aliphatic rings. The number of nitrogens with zero attached hydrogens (tertiary/aromatic N) is 1. The maximum Gasteiger partial charge on any atom is 0.327 e. The Kier molecular flexibility index (Phi) is 7.03. The molecule has 39 heavy (non-hydrogen) atoms. The lowest BCUT2D eigenvalue weighted by atomic mass is 9.86. The first-order valence-corrected chi connectivity index (χ1v) is 13.5. The van der Waals surface area contributed by atoms with Crippen molar-refractivity contribution in [3.8, 4) is 11.5 Å². The van der Waals surface area contributed by atoms with E-state index in [4.69, 9.17) is 9.47 Å². The Balaban J connectivity index is 1.43. The molecule has 5 rings (SSSR count). The van der Waals surface area contributed by atoms with Crippen LogP contribution in [0.1, 0.15) is 42.3 Å². The van der Waals surface area contributed by atoms with Crippen molar-refractivity contribution in [2.24, 2.45) is 0 Å². The Bertz CT molecular complexity index is 1340. The fourth-order valence-corrected chi connectivity index (χ4v) is 6.73. The highest BCUT2D eigenvalue weighted by Gasteiger charge is 2.70. The second kappa shape index (κ2) is 10.3. The summed E-state index contributed by atoms with van der Waals surface area (Å²) in [4.78, 5) is 40.5. The van der Waals surface area contributed by atoms with Gasteiger partial charge in [0.25, 0.3) is 11.8 Å². The smallest absolute Gasteiger partial charge is 0.327 e. The van der Waals surface area contributed by atoms with E-state index in [-0.39, 0.29) is 18.8 Å². The van der Waals surface area contributed by atoms with Gasteiger partial charge in [-0.25, -0.2) is 4.79 Å². The standard InChI is InChI=1S/C30H30N2O6S/c1-29(2)24(26(34)35)32-27(36)30(3,28(32)39-29)31-25(33)23-21(37-17-19-11-6-4-7-12-19)15-10-16-22(23)38-18-20-13-8-5-9-14-20/h4-16,24,28H,17-18H2,1-3H3,(H,31,33)(H,34,35)/t24-,28+,30-/m0/s1. The van der Waals surface area contributed by atoms with Gasteiger partial charge < -0.3 is 24.8 Å². The summed E-state index contributed by atoms with van der Waals surface area (Å²) >= 11 is 1.37. The van der Waals surface area contributed by atoms with Gasteiger partial charge in [0.15, 0.2) is 0 Å². The van der Waals surface area contributed by atoms with E-state index in [0.717, 1.165) is 11.1 Å². The first-order chi connectivity index (χ1) is 18.6. The number of thioether (sulfide) groups is 1. The number of carboxylic acids is 1. The van der Waals surface area contributed by atoms with Crippen LogP contribution >= 0.6 is 11.8 Å². The highest BCUT2D eigenvalue weighted by Crippen LogP contribution is 2.54. The summed E-state index contributed by atoms with van der Waals surface area (Å²) in [5.41, 5.74) is 0.752. The number of rotatable bonds is 9. The lowest BCUT2D eigenvalue weighted by Gasteiger charge is -2.51. The summed E-state index contributed by atoms with van der Waals surface area (Å²) < 4.78 is 11.4. The second-order valence-electron chi connectivity index (χ2n) is 10.4. The molecule has 0 aliphatic carbocycles. The van der Waals surface area contributed by atoms with E-state index in [2.05, 4.69) is 5.32 Å². The van der Waals surface area contributed by atoms with Crippen molar-refractivity contribution in [1.82, 2.24) is 10.2 Å². The van der Waals surface area contributed by atoms with E-state index in [1.54, 1.807) is 39.0 Å². The number of β-lactam (4-membered cyclic amide) rings is 1. The monoisotopic (exact) mass is 546 g/mol. The summed E-state index contributed by atoms with van der Waals surface area (Å²) in [5.74, 6) is -1.39. The van der Waals surface area contributed by atoms with Crippen LogP contribution in [0.2, 0.25) is 0 Å². The Hall–Kier alpha value is -3.98. The van der Waals surface area contributed by atoms with Crippen LogP contribution in [-0.2, 0) is 22.8 Å². The number of carbonyl (C=O) groups excluding carboxylic acids is 2. The van der Waals surface area contributed by atoms with Crippen molar-refractivity contribution in [3.05, 3.63) is 95.6 Å². The molecule has 0 unspecified atom stereocenters. The Morgan fingerprint density at radius 3 is 1.87 bits per heavy atom. The van der Waals surface area contributed by atoms with E-state index in [1.165, 1.54) is 16.7 Å². The average molecular weight is 547 g/mol. The quantitative estimate of drug-likeness (QED) is 0.381. The third kappa shape index (κ3) is 4.94. The minimum atomic E-state index is -1.29. The SMILES string of the molecule is CC1(C)S[C@H]2N(C(=O)[C@]2(C)NC(=O)c2c(OCc3ccccc3)cccc2OCc2ccccc2)[C@H]1C(=O)O. The fourth-order valence-electron chi connectivity index (χ4n) is 5.08. The molecule has 0 spiro atoms. The predicted octanol–water partition coefficient (Wildman–Crippen LogP) is 4.48. The van der Waals surface area contributed by atoms with Gasteiger partial charge in [-0.2, -0.15) is 0 Å². The molecule has 0 radical (unpaired) electrons. The van der Waals surface area contributed by atoms with Crippen LogP contribution in [0.25, 0.3) is 0 Å². The van der Waals surface area contributed by atoms with E-state index in [1.807, 2.05) is 60.7 Å². The lowest BCUT2D eigenvalue weighted by molar-refractivity contribution is -0.165. The lowest BCUT2D eigenvalue weighted by Crippen LogP contribution is -2.78. The van der Waals surface area contributed by atoms with Crippen LogP contribution in [0, 0.1) is 0 Å². The Morgan fingerprint density at radius 2 is 1.38 bits per heavy atom. The van der Waals surface area contributed by atoms with Gasteiger partial charge in [-0.15, -0.1) is 11.8 Å². The van der Waals surface area contributed by atoms with Crippen molar-refractivity contribution < 1.29 is 29.0 Å². The van der Waals surface area contributed by atoms with E-state index in [9.17, 15) is 19.5 Å². The second-order valence-corrected chi connectivity index (χ2v) is 12.1. The number of benzene rings is 3. The maximum absolute atomic E-state index is 13.9. The fraction of sp³-hybridized carbons (Fsp3) is 0.300. The number of fused-ring (bicyclic) bond motifs is 1. The number of amides is 2. The maximum atomic E-state index is 13.9. The van der Waals surface area contributed by atoms with Gasteiger partial charge in [0.05, 0.1) is 0 Å². The molecule has 2 aliphatic heterocycles. The van der Waals surface area contributed by atoms with Gasteiger partial charge in [0, 0.05) is 4.75 Å². The first-order valence-electron chi connectivity index (χ1n) is 12.6. The molecular weight excluding hydrogens is 516 g/mol. The molecule has 0 saturated carbocycles.